The summed E-state index contributed by atoms with van der Waals surface area (Å²) >= 11 is 0. The summed E-state index contributed by atoms with van der Waals surface area (Å²) in [4.78, 5) is 14.1. The lowest BCUT2D eigenvalue weighted by atomic mass is 9.92. The third-order valence-electron chi connectivity index (χ3n) is 2.93. The average molecular weight is 336 g/mol. The molecular weight excluding hydrogens is 309 g/mol. The molecule has 122 valence electrons. The minimum absolute atomic E-state index is 0. The van der Waals surface area contributed by atoms with Crippen molar-refractivity contribution in [1.82, 2.24) is 10.2 Å². The van der Waals surface area contributed by atoms with Crippen LogP contribution in [-0.4, -0.2) is 38.0 Å². The van der Waals surface area contributed by atoms with Gasteiger partial charge in [-0.05, 0) is 25.1 Å². The Morgan fingerprint density at radius 3 is 2.24 bits per heavy atom. The number of carbonyl (C=O) groups excluding carboxylic acids is 1. The summed E-state index contributed by atoms with van der Waals surface area (Å²) in [6.07, 6.45) is 0. The summed E-state index contributed by atoms with van der Waals surface area (Å²) < 4.78 is 0. The third kappa shape index (κ3) is 8.27. The molecule has 4 nitrogen and oxygen atoms in total. The summed E-state index contributed by atoms with van der Waals surface area (Å²) in [6.45, 7) is 5.78. The van der Waals surface area contributed by atoms with Crippen molar-refractivity contribution in [2.45, 2.75) is 19.9 Å². The molecule has 0 aliphatic rings. The van der Waals surface area contributed by atoms with Crippen LogP contribution < -0.4 is 11.1 Å². The quantitative estimate of drug-likeness (QED) is 0.838. The third-order valence-corrected chi connectivity index (χ3v) is 2.93. The molecule has 6 heteroatoms. The molecule has 0 bridgehead atoms. The Balaban J connectivity index is 0. The van der Waals surface area contributed by atoms with E-state index in [1.807, 2.05) is 44.4 Å². The molecule has 0 aliphatic carbocycles. The van der Waals surface area contributed by atoms with Crippen LogP contribution in [0.4, 0.5) is 0 Å². The zero-order valence-corrected chi connectivity index (χ0v) is 14.8. The van der Waals surface area contributed by atoms with Gasteiger partial charge in [-0.2, -0.15) is 0 Å². The van der Waals surface area contributed by atoms with Crippen LogP contribution in [0.5, 0.6) is 0 Å². The summed E-state index contributed by atoms with van der Waals surface area (Å²) in [5.74, 6) is -0.127. The first-order valence-corrected chi connectivity index (χ1v) is 6.55. The average Bonchev–Trinajstić information content (AvgIpc) is 2.34. The number of rotatable bonds is 6. The molecule has 1 atom stereocenters. The minimum atomic E-state index is -0.601. The van der Waals surface area contributed by atoms with Crippen LogP contribution in [0.3, 0.4) is 0 Å². The van der Waals surface area contributed by atoms with Gasteiger partial charge in [-0.15, -0.1) is 24.8 Å². The van der Waals surface area contributed by atoms with Crippen molar-refractivity contribution < 1.29 is 4.79 Å². The van der Waals surface area contributed by atoms with Crippen LogP contribution in [-0.2, 0) is 4.79 Å². The van der Waals surface area contributed by atoms with E-state index in [9.17, 15) is 4.79 Å². The smallest absolute Gasteiger partial charge is 0.241 e. The monoisotopic (exact) mass is 335 g/mol. The van der Waals surface area contributed by atoms with Gasteiger partial charge in [0, 0.05) is 13.1 Å². The maximum absolute atomic E-state index is 12.0. The van der Waals surface area contributed by atoms with Crippen LogP contribution >= 0.6 is 24.8 Å². The normalized spacial score (nSPS) is 12.1. The molecule has 21 heavy (non-hydrogen) atoms. The van der Waals surface area contributed by atoms with Crippen LogP contribution in [0.25, 0.3) is 0 Å². The largest absolute Gasteiger partial charge is 0.354 e. The lowest BCUT2D eigenvalue weighted by Crippen LogP contribution is -2.43. The number of amides is 1. The van der Waals surface area contributed by atoms with E-state index in [4.69, 9.17) is 5.73 Å². The SMILES string of the molecule is CN(C)CC(C)(C)CNC(=O)C(N)c1ccccc1.Cl.Cl. The molecule has 0 saturated carbocycles. The van der Waals surface area contributed by atoms with E-state index in [1.54, 1.807) is 0 Å². The zero-order valence-electron chi connectivity index (χ0n) is 13.1. The van der Waals surface area contributed by atoms with E-state index in [2.05, 4.69) is 24.1 Å². The van der Waals surface area contributed by atoms with Crippen molar-refractivity contribution in [2.75, 3.05) is 27.2 Å². The van der Waals surface area contributed by atoms with E-state index < -0.39 is 6.04 Å². The first-order chi connectivity index (χ1) is 8.82. The van der Waals surface area contributed by atoms with Gasteiger partial charge in [-0.1, -0.05) is 44.2 Å². The van der Waals surface area contributed by atoms with Crippen LogP contribution in [0, 0.1) is 5.41 Å². The Bertz CT molecular complexity index is 411. The van der Waals surface area contributed by atoms with Gasteiger partial charge in [-0.25, -0.2) is 0 Å². The van der Waals surface area contributed by atoms with Gasteiger partial charge in [0.15, 0.2) is 0 Å². The van der Waals surface area contributed by atoms with Crippen molar-refractivity contribution in [3.05, 3.63) is 35.9 Å². The molecule has 0 aromatic heterocycles. The van der Waals surface area contributed by atoms with Gasteiger partial charge in [0.1, 0.15) is 6.04 Å². The molecule has 1 unspecified atom stereocenters. The van der Waals surface area contributed by atoms with E-state index in [0.29, 0.717) is 6.54 Å². The fourth-order valence-corrected chi connectivity index (χ4v) is 2.16. The van der Waals surface area contributed by atoms with Gasteiger partial charge >= 0.3 is 0 Å². The molecule has 3 N–H and O–H groups in total. The highest BCUT2D eigenvalue weighted by molar-refractivity contribution is 5.85. The second-order valence-electron chi connectivity index (χ2n) is 6.01. The summed E-state index contributed by atoms with van der Waals surface area (Å²) in [6, 6.07) is 8.83. The van der Waals surface area contributed by atoms with Crippen molar-refractivity contribution in [3.63, 3.8) is 0 Å². The van der Waals surface area contributed by atoms with Gasteiger partial charge in [0.05, 0.1) is 0 Å². The molecule has 0 saturated heterocycles. The number of benzene rings is 1. The highest BCUT2D eigenvalue weighted by Crippen LogP contribution is 2.15. The molecule has 1 aromatic rings. The minimum Gasteiger partial charge on any atom is -0.354 e. The Labute approximate surface area is 140 Å². The molecule has 0 heterocycles. The van der Waals surface area contributed by atoms with E-state index in [-0.39, 0.29) is 36.1 Å². The highest BCUT2D eigenvalue weighted by Gasteiger charge is 2.22. The number of carbonyl (C=O) groups is 1. The highest BCUT2D eigenvalue weighted by atomic mass is 35.5. The van der Waals surface area contributed by atoms with Crippen LogP contribution in [0.15, 0.2) is 30.3 Å². The summed E-state index contributed by atoms with van der Waals surface area (Å²) in [5, 5.41) is 2.94. The lowest BCUT2D eigenvalue weighted by molar-refractivity contribution is -0.123. The van der Waals surface area contributed by atoms with Gasteiger partial charge in [0.25, 0.3) is 0 Å². The second kappa shape index (κ2) is 10.0. The predicted octanol–water partition coefficient (Wildman–Crippen LogP) is 2.23. The first-order valence-electron chi connectivity index (χ1n) is 6.55. The van der Waals surface area contributed by atoms with Crippen LogP contribution in [0.2, 0.25) is 0 Å². The molecule has 0 fully saturated rings. The fourth-order valence-electron chi connectivity index (χ4n) is 2.16. The van der Waals surface area contributed by atoms with Gasteiger partial charge < -0.3 is 16.0 Å². The topological polar surface area (TPSA) is 58.4 Å². The molecule has 0 aliphatic heterocycles. The number of hydrogen-bond donors (Lipinski definition) is 2. The van der Waals surface area contributed by atoms with Gasteiger partial charge in [0.2, 0.25) is 5.91 Å². The molecule has 1 rings (SSSR count). The number of halogens is 2. The van der Waals surface area contributed by atoms with Crippen molar-refractivity contribution in [1.29, 1.82) is 0 Å². The number of nitrogens with zero attached hydrogens (tertiary/aromatic N) is 1. The van der Waals surface area contributed by atoms with Crippen LogP contribution in [0.1, 0.15) is 25.5 Å². The second-order valence-corrected chi connectivity index (χ2v) is 6.01. The predicted molar refractivity (Wildman–Crippen MR) is 93.2 cm³/mol. The van der Waals surface area contributed by atoms with Crippen molar-refractivity contribution in [2.24, 2.45) is 11.1 Å². The molecule has 1 aromatic carbocycles. The summed E-state index contributed by atoms with van der Waals surface area (Å²) in [5.41, 5.74) is 6.81. The lowest BCUT2D eigenvalue weighted by Gasteiger charge is -2.29. The Kier molecular flexibility index (Phi) is 10.7. The molecular formula is C15H27Cl2N3O. The van der Waals surface area contributed by atoms with E-state index in [0.717, 1.165) is 12.1 Å². The molecule has 0 radical (unpaired) electrons. The Morgan fingerprint density at radius 2 is 1.76 bits per heavy atom. The Hall–Kier alpha value is -0.810. The fraction of sp³-hybridized carbons (Fsp3) is 0.533. The summed E-state index contributed by atoms with van der Waals surface area (Å²) in [7, 11) is 4.05. The molecule has 1 amide bonds. The Morgan fingerprint density at radius 1 is 1.24 bits per heavy atom. The number of nitrogens with one attached hydrogen (secondary N) is 1. The molecule has 0 spiro atoms. The van der Waals surface area contributed by atoms with Crippen molar-refractivity contribution >= 4 is 30.7 Å². The number of nitrogens with two attached hydrogens (primary N) is 1. The van der Waals surface area contributed by atoms with E-state index >= 15 is 0 Å². The van der Waals surface area contributed by atoms with Gasteiger partial charge in [-0.3, -0.25) is 4.79 Å². The van der Waals surface area contributed by atoms with E-state index in [1.165, 1.54) is 0 Å². The first kappa shape index (κ1) is 22.5. The zero-order chi connectivity index (χ0) is 14.5. The maximum atomic E-state index is 12.0. The number of hydrogen-bond acceptors (Lipinski definition) is 3. The maximum Gasteiger partial charge on any atom is 0.241 e. The van der Waals surface area contributed by atoms with Crippen molar-refractivity contribution in [3.8, 4) is 0 Å². The standard InChI is InChI=1S/C15H25N3O.2ClH/c1-15(2,11-18(3)4)10-17-14(19)13(16)12-8-6-5-7-9-12;;/h5-9,13H,10-11,16H2,1-4H3,(H,17,19);2*1H.